The van der Waals surface area contributed by atoms with E-state index < -0.39 is 43.0 Å². The van der Waals surface area contributed by atoms with Gasteiger partial charge in [-0.05, 0) is 27.8 Å². The third kappa shape index (κ3) is 6.99. The van der Waals surface area contributed by atoms with E-state index in [0.717, 1.165) is 27.8 Å². The lowest BCUT2D eigenvalue weighted by Crippen LogP contribution is -2.49. The molecule has 2 N–H and O–H groups in total. The Kier molecular flexibility index (Phi) is 8.90. The van der Waals surface area contributed by atoms with Crippen LogP contribution in [0, 0.1) is 0 Å². The predicted octanol–water partition coefficient (Wildman–Crippen LogP) is 3.50. The number of rotatable bonds is 11. The van der Waals surface area contributed by atoms with Gasteiger partial charge in [0.05, 0.1) is 6.42 Å². The number of benzene rings is 3. The molecule has 3 aromatic carbocycles. The van der Waals surface area contributed by atoms with E-state index in [2.05, 4.69) is 5.32 Å². The lowest BCUT2D eigenvalue weighted by atomic mass is 9.98. The van der Waals surface area contributed by atoms with Crippen LogP contribution in [0.2, 0.25) is 0 Å². The molecule has 202 valence electrons. The molecule has 3 aromatic rings. The van der Waals surface area contributed by atoms with Crippen LogP contribution in [0.25, 0.3) is 11.1 Å². The molecular weight excluding hydrogens is 504 g/mol. The molecule has 4 rings (SSSR count). The van der Waals surface area contributed by atoms with Gasteiger partial charge in [-0.15, -0.1) is 0 Å². The van der Waals surface area contributed by atoms with E-state index >= 15 is 0 Å². The van der Waals surface area contributed by atoms with Gasteiger partial charge in [0, 0.05) is 13.0 Å². The van der Waals surface area contributed by atoms with Gasteiger partial charge in [-0.1, -0.05) is 78.9 Å². The lowest BCUT2D eigenvalue weighted by Gasteiger charge is -2.23. The molecule has 10 heteroatoms. The number of nitrogens with zero attached hydrogens (tertiary/aromatic N) is 1. The number of carboxylic acid groups (broad SMARTS) is 1. The third-order valence-corrected chi connectivity index (χ3v) is 6.24. The van der Waals surface area contributed by atoms with Crippen LogP contribution in [0.5, 0.6) is 0 Å². The number of amides is 2. The molecule has 10 nitrogen and oxygen atoms in total. The van der Waals surface area contributed by atoms with Gasteiger partial charge in [-0.3, -0.25) is 14.4 Å². The minimum Gasteiger partial charge on any atom is -0.479 e. The Morgan fingerprint density at radius 2 is 1.46 bits per heavy atom. The van der Waals surface area contributed by atoms with Crippen LogP contribution in [-0.4, -0.2) is 60.4 Å². The molecule has 1 aliphatic carbocycles. The van der Waals surface area contributed by atoms with Crippen molar-refractivity contribution in [2.24, 2.45) is 0 Å². The van der Waals surface area contributed by atoms with Crippen LogP contribution in [-0.2, 0) is 35.3 Å². The fourth-order valence-electron chi connectivity index (χ4n) is 4.38. The maximum atomic E-state index is 12.9. The molecule has 0 spiro atoms. The number of hydrogen-bond donors (Lipinski definition) is 2. The molecule has 0 aliphatic heterocycles. The summed E-state index contributed by atoms with van der Waals surface area (Å²) in [6.45, 7) is -0.792. The van der Waals surface area contributed by atoms with Gasteiger partial charge >= 0.3 is 18.0 Å². The summed E-state index contributed by atoms with van der Waals surface area (Å²) < 4.78 is 10.8. The number of aliphatic carboxylic acids is 1. The second-order valence-corrected chi connectivity index (χ2v) is 8.88. The number of fused-ring (bicyclic) bond motifs is 3. The topological polar surface area (TPSA) is 131 Å². The highest BCUT2D eigenvalue weighted by Crippen LogP contribution is 2.44. The second kappa shape index (κ2) is 12.7. The first-order chi connectivity index (χ1) is 18.8. The minimum absolute atomic E-state index is 0.00454. The van der Waals surface area contributed by atoms with E-state index in [1.807, 2.05) is 54.6 Å². The Labute approximate surface area is 225 Å². The van der Waals surface area contributed by atoms with E-state index in [-0.39, 0.29) is 19.1 Å². The number of carbonyl (C=O) groups is 4. The number of carboxylic acids is 1. The van der Waals surface area contributed by atoms with Crippen molar-refractivity contribution in [3.05, 3.63) is 95.6 Å². The van der Waals surface area contributed by atoms with Gasteiger partial charge in [-0.25, -0.2) is 14.7 Å². The zero-order chi connectivity index (χ0) is 27.8. The molecule has 0 saturated heterocycles. The standard InChI is InChI=1S/C29H28N2O8/c1-31(39-18-26(32)33)28(35)25(15-27(34)37-16-19-9-3-2-4-10-19)30-29(36)38-17-24-22-13-7-5-11-20(22)21-12-6-8-14-23(21)24/h2-14,24-25H,15-18H2,1H3,(H,30,36)(H,32,33)/t25-/m0/s1. The van der Waals surface area contributed by atoms with Crippen LogP contribution in [0.1, 0.15) is 29.0 Å². The number of hydroxylamine groups is 2. The van der Waals surface area contributed by atoms with Gasteiger partial charge in [0.25, 0.3) is 5.91 Å². The van der Waals surface area contributed by atoms with Gasteiger partial charge in [0.15, 0.2) is 6.61 Å². The molecule has 1 aliphatic rings. The van der Waals surface area contributed by atoms with Crippen molar-refractivity contribution >= 4 is 23.9 Å². The van der Waals surface area contributed by atoms with Crippen molar-refractivity contribution in [2.75, 3.05) is 20.3 Å². The van der Waals surface area contributed by atoms with Crippen molar-refractivity contribution in [1.82, 2.24) is 10.4 Å². The molecule has 0 radical (unpaired) electrons. The van der Waals surface area contributed by atoms with E-state index in [9.17, 15) is 19.2 Å². The van der Waals surface area contributed by atoms with E-state index in [1.165, 1.54) is 7.05 Å². The van der Waals surface area contributed by atoms with E-state index in [4.69, 9.17) is 19.4 Å². The number of likely N-dealkylation sites (N-methyl/N-ethyl adjacent to an activating group) is 1. The Morgan fingerprint density at radius 3 is 2.08 bits per heavy atom. The van der Waals surface area contributed by atoms with Crippen molar-refractivity contribution < 1.29 is 38.6 Å². The number of carbonyl (C=O) groups excluding carboxylic acids is 3. The van der Waals surface area contributed by atoms with Crippen molar-refractivity contribution in [3.63, 3.8) is 0 Å². The molecule has 0 saturated carbocycles. The fourth-order valence-corrected chi connectivity index (χ4v) is 4.38. The summed E-state index contributed by atoms with van der Waals surface area (Å²) in [6.07, 6.45) is -1.44. The molecule has 0 bridgehead atoms. The third-order valence-electron chi connectivity index (χ3n) is 6.24. The molecular formula is C29H28N2O8. The Bertz CT molecular complexity index is 1300. The zero-order valence-corrected chi connectivity index (χ0v) is 21.2. The SMILES string of the molecule is CN(OCC(=O)O)C(=O)[C@H](CC(=O)OCc1ccccc1)NC(=O)OCC1c2ccccc2-c2ccccc21. The largest absolute Gasteiger partial charge is 0.479 e. The summed E-state index contributed by atoms with van der Waals surface area (Å²) in [5.41, 5.74) is 4.91. The monoisotopic (exact) mass is 532 g/mol. The zero-order valence-electron chi connectivity index (χ0n) is 21.2. The Balaban J connectivity index is 1.41. The number of alkyl carbamates (subject to hydrolysis) is 1. The van der Waals surface area contributed by atoms with E-state index in [0.29, 0.717) is 5.06 Å². The highest BCUT2D eigenvalue weighted by Gasteiger charge is 2.32. The summed E-state index contributed by atoms with van der Waals surface area (Å²) in [6, 6.07) is 23.3. The number of nitrogens with one attached hydrogen (secondary N) is 1. The molecule has 0 fully saturated rings. The van der Waals surface area contributed by atoms with Gasteiger partial charge in [0.1, 0.15) is 19.3 Å². The highest BCUT2D eigenvalue weighted by molar-refractivity contribution is 5.89. The first-order valence-electron chi connectivity index (χ1n) is 12.3. The molecule has 0 heterocycles. The van der Waals surface area contributed by atoms with Crippen LogP contribution in [0.4, 0.5) is 4.79 Å². The number of hydrogen-bond acceptors (Lipinski definition) is 7. The van der Waals surface area contributed by atoms with Gasteiger partial charge < -0.3 is 19.9 Å². The van der Waals surface area contributed by atoms with Crippen LogP contribution >= 0.6 is 0 Å². The molecule has 0 aromatic heterocycles. The van der Waals surface area contributed by atoms with E-state index in [1.54, 1.807) is 24.3 Å². The summed E-state index contributed by atoms with van der Waals surface area (Å²) in [5, 5.41) is 11.9. The Morgan fingerprint density at radius 1 is 0.872 bits per heavy atom. The second-order valence-electron chi connectivity index (χ2n) is 8.88. The first kappa shape index (κ1) is 27.3. The van der Waals surface area contributed by atoms with Crippen molar-refractivity contribution in [2.45, 2.75) is 25.0 Å². The first-order valence-corrected chi connectivity index (χ1v) is 12.3. The summed E-state index contributed by atoms with van der Waals surface area (Å²) in [5.74, 6) is -3.09. The van der Waals surface area contributed by atoms with Crippen LogP contribution in [0.15, 0.2) is 78.9 Å². The van der Waals surface area contributed by atoms with Gasteiger partial charge in [0.2, 0.25) is 0 Å². The van der Waals surface area contributed by atoms with Crippen molar-refractivity contribution in [3.8, 4) is 11.1 Å². The van der Waals surface area contributed by atoms with Crippen molar-refractivity contribution in [1.29, 1.82) is 0 Å². The maximum absolute atomic E-state index is 12.9. The average Bonchev–Trinajstić information content (AvgIpc) is 3.27. The van der Waals surface area contributed by atoms with Crippen LogP contribution < -0.4 is 5.32 Å². The summed E-state index contributed by atoms with van der Waals surface area (Å²) in [7, 11) is 1.19. The maximum Gasteiger partial charge on any atom is 0.407 e. The van der Waals surface area contributed by atoms with Crippen LogP contribution in [0.3, 0.4) is 0 Å². The summed E-state index contributed by atoms with van der Waals surface area (Å²) >= 11 is 0. The minimum atomic E-state index is -1.41. The quantitative estimate of drug-likeness (QED) is 0.283. The number of esters is 1. The lowest BCUT2D eigenvalue weighted by molar-refractivity contribution is -0.188. The fraction of sp³-hybridized carbons (Fsp3) is 0.241. The predicted molar refractivity (Wildman–Crippen MR) is 139 cm³/mol. The highest BCUT2D eigenvalue weighted by atomic mass is 16.7. The molecule has 39 heavy (non-hydrogen) atoms. The molecule has 0 unspecified atom stereocenters. The summed E-state index contributed by atoms with van der Waals surface area (Å²) in [4.78, 5) is 54.0. The molecule has 2 amide bonds. The van der Waals surface area contributed by atoms with Gasteiger partial charge in [-0.2, -0.15) is 0 Å². The number of ether oxygens (including phenoxy) is 2. The normalized spacial score (nSPS) is 12.5. The smallest absolute Gasteiger partial charge is 0.407 e. The average molecular weight is 533 g/mol. The molecule has 1 atom stereocenters. The Hall–Kier alpha value is -4.70.